The van der Waals surface area contributed by atoms with E-state index < -0.39 is 15.9 Å². The second-order valence-electron chi connectivity index (χ2n) is 5.88. The molecule has 2 aromatic rings. The smallest absolute Gasteiger partial charge is 0.287 e. The highest BCUT2D eigenvalue weighted by atomic mass is 79.9. The van der Waals surface area contributed by atoms with Gasteiger partial charge in [-0.1, -0.05) is 18.2 Å². The molecule has 0 bridgehead atoms. The molecule has 0 unspecified atom stereocenters. The predicted octanol–water partition coefficient (Wildman–Crippen LogP) is 1.31. The summed E-state index contributed by atoms with van der Waals surface area (Å²) >= 11 is 3.11. The molecule has 0 spiro atoms. The van der Waals surface area contributed by atoms with Gasteiger partial charge in [0.1, 0.15) is 0 Å². The standard InChI is InChI=1S/C17H18BrN3O5S/c18-15-7-6-14(26-15)17(23)19-12-16(22)20-8-10-21(11-9-20)27(24,25)13-4-2-1-3-5-13/h1-7H,8-12H2,(H,19,23). The maximum Gasteiger partial charge on any atom is 0.287 e. The van der Waals surface area contributed by atoms with E-state index in [0.717, 1.165) is 0 Å². The molecule has 1 aliphatic heterocycles. The third kappa shape index (κ3) is 4.57. The van der Waals surface area contributed by atoms with Crippen LogP contribution in [0.3, 0.4) is 0 Å². The fraction of sp³-hybridized carbons (Fsp3) is 0.294. The van der Waals surface area contributed by atoms with Crippen LogP contribution in [0, 0.1) is 0 Å². The van der Waals surface area contributed by atoms with Crippen molar-refractivity contribution in [3.8, 4) is 0 Å². The third-order valence-corrected chi connectivity index (χ3v) is 6.51. The monoisotopic (exact) mass is 455 g/mol. The first-order chi connectivity index (χ1) is 12.9. The van der Waals surface area contributed by atoms with E-state index in [1.54, 1.807) is 36.4 Å². The van der Waals surface area contributed by atoms with E-state index in [1.807, 2.05) is 0 Å². The molecule has 1 N–H and O–H groups in total. The lowest BCUT2D eigenvalue weighted by molar-refractivity contribution is -0.131. The Morgan fingerprint density at radius 2 is 1.70 bits per heavy atom. The summed E-state index contributed by atoms with van der Waals surface area (Å²) in [4.78, 5) is 25.9. The molecule has 3 rings (SSSR count). The number of nitrogens with zero attached hydrogens (tertiary/aromatic N) is 2. The summed E-state index contributed by atoms with van der Waals surface area (Å²) in [7, 11) is -3.56. The summed E-state index contributed by atoms with van der Waals surface area (Å²) < 4.78 is 32.1. The van der Waals surface area contributed by atoms with Gasteiger partial charge >= 0.3 is 0 Å². The number of amides is 2. The van der Waals surface area contributed by atoms with Crippen molar-refractivity contribution in [2.24, 2.45) is 0 Å². The van der Waals surface area contributed by atoms with Crippen molar-refractivity contribution in [1.82, 2.24) is 14.5 Å². The third-order valence-electron chi connectivity index (χ3n) is 4.17. The number of benzene rings is 1. The lowest BCUT2D eigenvalue weighted by Crippen LogP contribution is -2.52. The molecule has 1 aromatic carbocycles. The number of nitrogens with one attached hydrogen (secondary N) is 1. The first kappa shape index (κ1) is 19.6. The van der Waals surface area contributed by atoms with Gasteiger partial charge in [-0.3, -0.25) is 9.59 Å². The summed E-state index contributed by atoms with van der Waals surface area (Å²) in [5, 5.41) is 2.50. The van der Waals surface area contributed by atoms with E-state index >= 15 is 0 Å². The van der Waals surface area contributed by atoms with Crippen LogP contribution in [-0.2, 0) is 14.8 Å². The zero-order valence-electron chi connectivity index (χ0n) is 14.3. The lowest BCUT2D eigenvalue weighted by atomic mass is 10.3. The quantitative estimate of drug-likeness (QED) is 0.732. The second-order valence-corrected chi connectivity index (χ2v) is 8.60. The van der Waals surface area contributed by atoms with Gasteiger partial charge in [0.15, 0.2) is 10.4 Å². The zero-order valence-corrected chi connectivity index (χ0v) is 16.7. The summed E-state index contributed by atoms with van der Waals surface area (Å²) in [6.45, 7) is 0.785. The summed E-state index contributed by atoms with van der Waals surface area (Å²) in [6, 6.07) is 11.3. The van der Waals surface area contributed by atoms with Crippen LogP contribution < -0.4 is 5.32 Å². The highest BCUT2D eigenvalue weighted by molar-refractivity contribution is 9.10. The van der Waals surface area contributed by atoms with E-state index in [0.29, 0.717) is 4.67 Å². The van der Waals surface area contributed by atoms with Gasteiger partial charge < -0.3 is 14.6 Å². The first-order valence-corrected chi connectivity index (χ1v) is 10.5. The van der Waals surface area contributed by atoms with Crippen molar-refractivity contribution in [1.29, 1.82) is 0 Å². The van der Waals surface area contributed by atoms with Gasteiger partial charge in [-0.05, 0) is 40.2 Å². The van der Waals surface area contributed by atoms with E-state index in [9.17, 15) is 18.0 Å². The number of piperazine rings is 1. The van der Waals surface area contributed by atoms with Gasteiger partial charge in [0.2, 0.25) is 15.9 Å². The second kappa shape index (κ2) is 8.24. The Balaban J connectivity index is 1.51. The summed E-state index contributed by atoms with van der Waals surface area (Å²) in [6.07, 6.45) is 0. The Morgan fingerprint density at radius 3 is 2.30 bits per heavy atom. The molecule has 1 saturated heterocycles. The topological polar surface area (TPSA) is 99.9 Å². The van der Waals surface area contributed by atoms with E-state index in [1.165, 1.54) is 15.3 Å². The number of hydrogen-bond donors (Lipinski definition) is 1. The van der Waals surface area contributed by atoms with E-state index in [-0.39, 0.29) is 49.3 Å². The number of rotatable bonds is 5. The highest BCUT2D eigenvalue weighted by Crippen LogP contribution is 2.17. The molecular weight excluding hydrogens is 438 g/mol. The van der Waals surface area contributed by atoms with Crippen LogP contribution in [-0.4, -0.2) is 62.2 Å². The molecule has 0 saturated carbocycles. The van der Waals surface area contributed by atoms with Crippen LogP contribution in [0.15, 0.2) is 56.4 Å². The molecule has 27 heavy (non-hydrogen) atoms. The van der Waals surface area contributed by atoms with E-state index in [2.05, 4.69) is 21.2 Å². The Hall–Kier alpha value is -2.17. The minimum atomic E-state index is -3.56. The molecular formula is C17H18BrN3O5S. The van der Waals surface area contributed by atoms with Crippen molar-refractivity contribution in [2.45, 2.75) is 4.90 Å². The zero-order chi connectivity index (χ0) is 19.4. The minimum Gasteiger partial charge on any atom is -0.444 e. The van der Waals surface area contributed by atoms with Crippen LogP contribution in [0.25, 0.3) is 0 Å². The molecule has 2 amide bonds. The molecule has 0 atom stereocenters. The number of hydrogen-bond acceptors (Lipinski definition) is 5. The van der Waals surface area contributed by atoms with Gasteiger partial charge in [0.05, 0.1) is 11.4 Å². The molecule has 10 heteroatoms. The molecule has 8 nitrogen and oxygen atoms in total. The maximum atomic E-state index is 12.6. The van der Waals surface area contributed by atoms with Crippen LogP contribution in [0.5, 0.6) is 0 Å². The molecule has 144 valence electrons. The Morgan fingerprint density at radius 1 is 1.04 bits per heavy atom. The number of carbonyl (C=O) groups is 2. The fourth-order valence-electron chi connectivity index (χ4n) is 2.71. The van der Waals surface area contributed by atoms with Gasteiger partial charge in [0.25, 0.3) is 5.91 Å². The van der Waals surface area contributed by atoms with Gasteiger partial charge in [-0.15, -0.1) is 0 Å². The number of carbonyl (C=O) groups excluding carboxylic acids is 2. The van der Waals surface area contributed by atoms with Gasteiger partial charge in [-0.2, -0.15) is 4.31 Å². The molecule has 1 fully saturated rings. The van der Waals surface area contributed by atoms with Crippen molar-refractivity contribution in [3.05, 3.63) is 52.9 Å². The van der Waals surface area contributed by atoms with Crippen LogP contribution in [0.4, 0.5) is 0 Å². The molecule has 1 aromatic heterocycles. The predicted molar refractivity (Wildman–Crippen MR) is 101 cm³/mol. The first-order valence-electron chi connectivity index (χ1n) is 8.24. The average molecular weight is 456 g/mol. The maximum absolute atomic E-state index is 12.6. The summed E-state index contributed by atoms with van der Waals surface area (Å²) in [5.41, 5.74) is 0. The fourth-order valence-corrected chi connectivity index (χ4v) is 4.46. The van der Waals surface area contributed by atoms with Crippen molar-refractivity contribution >= 4 is 37.8 Å². The Bertz CT molecular complexity index is 921. The van der Waals surface area contributed by atoms with Gasteiger partial charge in [0, 0.05) is 26.2 Å². The van der Waals surface area contributed by atoms with Crippen LogP contribution in [0.1, 0.15) is 10.6 Å². The Kier molecular flexibility index (Phi) is 5.98. The Labute approximate surface area is 165 Å². The van der Waals surface area contributed by atoms with Crippen LogP contribution >= 0.6 is 15.9 Å². The molecule has 1 aliphatic rings. The number of furan rings is 1. The van der Waals surface area contributed by atoms with E-state index in [4.69, 9.17) is 4.42 Å². The molecule has 0 aliphatic carbocycles. The number of halogens is 1. The lowest BCUT2D eigenvalue weighted by Gasteiger charge is -2.34. The van der Waals surface area contributed by atoms with Crippen LogP contribution in [0.2, 0.25) is 0 Å². The average Bonchev–Trinajstić information content (AvgIpc) is 3.13. The van der Waals surface area contributed by atoms with Crippen molar-refractivity contribution < 1.29 is 22.4 Å². The minimum absolute atomic E-state index is 0.105. The van der Waals surface area contributed by atoms with Crippen molar-refractivity contribution in [2.75, 3.05) is 32.7 Å². The molecule has 2 heterocycles. The molecule has 0 radical (unpaired) electrons. The van der Waals surface area contributed by atoms with Gasteiger partial charge in [-0.25, -0.2) is 8.42 Å². The summed E-state index contributed by atoms with van der Waals surface area (Å²) in [5.74, 6) is -0.654. The van der Waals surface area contributed by atoms with Crippen molar-refractivity contribution in [3.63, 3.8) is 0 Å². The SMILES string of the molecule is O=C(NCC(=O)N1CCN(S(=O)(=O)c2ccccc2)CC1)c1ccc(Br)o1. The normalized spacial score (nSPS) is 15.5. The highest BCUT2D eigenvalue weighted by Gasteiger charge is 2.30. The number of sulfonamides is 1. The largest absolute Gasteiger partial charge is 0.444 e.